The molecule has 4 rings (SSSR count). The van der Waals surface area contributed by atoms with Gasteiger partial charge in [-0.15, -0.1) is 0 Å². The summed E-state index contributed by atoms with van der Waals surface area (Å²) >= 11 is 0. The third kappa shape index (κ3) is 3.66. The van der Waals surface area contributed by atoms with Gasteiger partial charge in [0.2, 0.25) is 5.95 Å². The molecule has 2 atom stereocenters. The Morgan fingerprint density at radius 3 is 2.42 bits per heavy atom. The van der Waals surface area contributed by atoms with Gasteiger partial charge in [-0.3, -0.25) is 4.90 Å². The number of ether oxygens (including phenoxy) is 1. The van der Waals surface area contributed by atoms with Gasteiger partial charge in [-0.05, 0) is 33.7 Å². The zero-order valence-corrected chi connectivity index (χ0v) is 16.4. The molecule has 0 unspecified atom stereocenters. The summed E-state index contributed by atoms with van der Waals surface area (Å²) in [5.74, 6) is 1.86. The zero-order valence-electron chi connectivity index (χ0n) is 16.4. The highest BCUT2D eigenvalue weighted by molar-refractivity contribution is 5.51. The average molecular weight is 361 g/mol. The topological polar surface area (TPSA) is 56.8 Å². The molecule has 0 aromatic carbocycles. The SMILES string of the molecule is Cc1nc(N2CCCC2)nc(N[C@H]2COC[C@@H]2N2CCN(C)CC2)c1C. The lowest BCUT2D eigenvalue weighted by atomic mass is 10.1. The Kier molecular flexibility index (Phi) is 5.29. The molecule has 0 saturated carbocycles. The van der Waals surface area contributed by atoms with Gasteiger partial charge in [-0.1, -0.05) is 0 Å². The summed E-state index contributed by atoms with van der Waals surface area (Å²) in [6, 6.07) is 0.714. The molecule has 1 aromatic heterocycles. The molecule has 0 bridgehead atoms. The number of piperazine rings is 1. The van der Waals surface area contributed by atoms with Crippen LogP contribution in [0.5, 0.6) is 0 Å². The molecular formula is C19H32N6O. The van der Waals surface area contributed by atoms with Crippen molar-refractivity contribution in [2.24, 2.45) is 0 Å². The lowest BCUT2D eigenvalue weighted by molar-refractivity contribution is 0.0948. The lowest BCUT2D eigenvalue weighted by Crippen LogP contribution is -2.54. The third-order valence-electron chi connectivity index (χ3n) is 6.15. The van der Waals surface area contributed by atoms with Crippen LogP contribution in [0.4, 0.5) is 11.8 Å². The van der Waals surface area contributed by atoms with Gasteiger partial charge in [0.05, 0.1) is 25.3 Å². The van der Waals surface area contributed by atoms with Crippen LogP contribution in [-0.4, -0.2) is 91.4 Å². The third-order valence-corrected chi connectivity index (χ3v) is 6.15. The second kappa shape index (κ2) is 7.66. The van der Waals surface area contributed by atoms with E-state index in [-0.39, 0.29) is 6.04 Å². The number of hydrogen-bond donors (Lipinski definition) is 1. The van der Waals surface area contributed by atoms with Crippen molar-refractivity contribution in [2.75, 3.05) is 69.7 Å². The summed E-state index contributed by atoms with van der Waals surface area (Å²) in [4.78, 5) is 16.9. The van der Waals surface area contributed by atoms with Crippen molar-refractivity contribution in [3.63, 3.8) is 0 Å². The van der Waals surface area contributed by atoms with E-state index in [1.165, 1.54) is 12.8 Å². The average Bonchev–Trinajstić information content (AvgIpc) is 3.31. The van der Waals surface area contributed by atoms with Crippen LogP contribution in [0.25, 0.3) is 0 Å². The van der Waals surface area contributed by atoms with E-state index in [9.17, 15) is 0 Å². The van der Waals surface area contributed by atoms with Crippen molar-refractivity contribution in [3.05, 3.63) is 11.3 Å². The van der Waals surface area contributed by atoms with Gasteiger partial charge in [0.15, 0.2) is 0 Å². The predicted octanol–water partition coefficient (Wildman–Crippen LogP) is 1.12. The number of hydrogen-bond acceptors (Lipinski definition) is 7. The van der Waals surface area contributed by atoms with Crippen molar-refractivity contribution in [1.29, 1.82) is 0 Å². The molecule has 3 aliphatic rings. The largest absolute Gasteiger partial charge is 0.378 e. The van der Waals surface area contributed by atoms with Crippen molar-refractivity contribution >= 4 is 11.8 Å². The van der Waals surface area contributed by atoms with Crippen molar-refractivity contribution in [2.45, 2.75) is 38.8 Å². The van der Waals surface area contributed by atoms with E-state index in [0.717, 1.165) is 75.5 Å². The molecule has 3 aliphatic heterocycles. The van der Waals surface area contributed by atoms with Crippen LogP contribution in [0.3, 0.4) is 0 Å². The Morgan fingerprint density at radius 1 is 0.962 bits per heavy atom. The van der Waals surface area contributed by atoms with E-state index in [4.69, 9.17) is 14.7 Å². The van der Waals surface area contributed by atoms with E-state index in [1.807, 2.05) is 0 Å². The molecular weight excluding hydrogens is 328 g/mol. The number of aromatic nitrogens is 2. The Bertz CT molecular complexity index is 625. The minimum atomic E-state index is 0.290. The van der Waals surface area contributed by atoms with Gasteiger partial charge >= 0.3 is 0 Å². The molecule has 144 valence electrons. The molecule has 3 fully saturated rings. The molecule has 1 N–H and O–H groups in total. The molecule has 0 aliphatic carbocycles. The number of anilines is 2. The molecule has 1 aromatic rings. The number of nitrogens with one attached hydrogen (secondary N) is 1. The molecule has 0 radical (unpaired) electrons. The Labute approximate surface area is 156 Å². The van der Waals surface area contributed by atoms with Crippen LogP contribution in [0.2, 0.25) is 0 Å². The van der Waals surface area contributed by atoms with E-state index >= 15 is 0 Å². The van der Waals surface area contributed by atoms with Crippen LogP contribution in [0, 0.1) is 13.8 Å². The van der Waals surface area contributed by atoms with Gasteiger partial charge in [0, 0.05) is 50.5 Å². The van der Waals surface area contributed by atoms with Crippen LogP contribution in [0.1, 0.15) is 24.1 Å². The fraction of sp³-hybridized carbons (Fsp3) is 0.789. The van der Waals surface area contributed by atoms with Gasteiger partial charge in [-0.25, -0.2) is 4.98 Å². The summed E-state index contributed by atoms with van der Waals surface area (Å²) in [6.45, 7) is 12.4. The maximum Gasteiger partial charge on any atom is 0.227 e. The molecule has 4 heterocycles. The maximum absolute atomic E-state index is 5.85. The smallest absolute Gasteiger partial charge is 0.227 e. The summed E-state index contributed by atoms with van der Waals surface area (Å²) in [5.41, 5.74) is 2.22. The van der Waals surface area contributed by atoms with Crippen molar-refractivity contribution in [1.82, 2.24) is 19.8 Å². The van der Waals surface area contributed by atoms with E-state index in [2.05, 4.69) is 40.9 Å². The first-order valence-electron chi connectivity index (χ1n) is 9.99. The first-order chi connectivity index (χ1) is 12.6. The molecule has 7 heteroatoms. The highest BCUT2D eigenvalue weighted by Gasteiger charge is 2.35. The number of likely N-dealkylation sites (N-methyl/N-ethyl adjacent to an activating group) is 1. The Hall–Kier alpha value is -1.44. The molecule has 0 spiro atoms. The van der Waals surface area contributed by atoms with E-state index in [1.54, 1.807) is 0 Å². The molecule has 3 saturated heterocycles. The first kappa shape index (κ1) is 17.9. The van der Waals surface area contributed by atoms with Gasteiger partial charge < -0.3 is 19.9 Å². The Morgan fingerprint density at radius 2 is 1.69 bits per heavy atom. The Balaban J connectivity index is 1.50. The summed E-state index contributed by atoms with van der Waals surface area (Å²) in [7, 11) is 2.20. The lowest BCUT2D eigenvalue weighted by Gasteiger charge is -2.38. The normalized spacial score (nSPS) is 28.0. The quantitative estimate of drug-likeness (QED) is 0.863. The molecule has 26 heavy (non-hydrogen) atoms. The molecule has 7 nitrogen and oxygen atoms in total. The highest BCUT2D eigenvalue weighted by atomic mass is 16.5. The molecule has 0 amide bonds. The minimum absolute atomic E-state index is 0.290. The van der Waals surface area contributed by atoms with Crippen LogP contribution in [-0.2, 0) is 4.74 Å². The fourth-order valence-corrected chi connectivity index (χ4v) is 4.18. The van der Waals surface area contributed by atoms with Crippen LogP contribution in [0.15, 0.2) is 0 Å². The maximum atomic E-state index is 5.85. The van der Waals surface area contributed by atoms with Gasteiger partial charge in [0.25, 0.3) is 0 Å². The predicted molar refractivity (Wildman–Crippen MR) is 104 cm³/mol. The first-order valence-corrected chi connectivity index (χ1v) is 9.99. The summed E-state index contributed by atoms with van der Waals surface area (Å²) in [5, 5.41) is 3.71. The monoisotopic (exact) mass is 360 g/mol. The van der Waals surface area contributed by atoms with Gasteiger partial charge in [-0.2, -0.15) is 4.98 Å². The standard InChI is InChI=1S/C19H32N6O/c1-14-15(2)20-19(25-6-4-5-7-25)22-18(14)21-16-12-26-13-17(16)24-10-8-23(3)9-11-24/h16-17H,4-13H2,1-3H3,(H,20,21,22)/t16-,17-/m0/s1. The van der Waals surface area contributed by atoms with E-state index in [0.29, 0.717) is 6.04 Å². The number of rotatable bonds is 4. The van der Waals surface area contributed by atoms with E-state index < -0.39 is 0 Å². The number of nitrogens with zero attached hydrogens (tertiary/aromatic N) is 5. The summed E-state index contributed by atoms with van der Waals surface area (Å²) in [6.07, 6.45) is 2.47. The second-order valence-electron chi connectivity index (χ2n) is 7.97. The van der Waals surface area contributed by atoms with Crippen molar-refractivity contribution < 1.29 is 4.74 Å². The van der Waals surface area contributed by atoms with Crippen LogP contribution >= 0.6 is 0 Å². The zero-order chi connectivity index (χ0) is 18.1. The summed E-state index contributed by atoms with van der Waals surface area (Å²) < 4.78 is 5.85. The fourth-order valence-electron chi connectivity index (χ4n) is 4.18. The minimum Gasteiger partial charge on any atom is -0.378 e. The highest BCUT2D eigenvalue weighted by Crippen LogP contribution is 2.25. The van der Waals surface area contributed by atoms with Crippen LogP contribution < -0.4 is 10.2 Å². The van der Waals surface area contributed by atoms with Gasteiger partial charge in [0.1, 0.15) is 5.82 Å². The number of aryl methyl sites for hydroxylation is 1. The second-order valence-corrected chi connectivity index (χ2v) is 7.97. The van der Waals surface area contributed by atoms with Crippen molar-refractivity contribution in [3.8, 4) is 0 Å².